The molecule has 2 N–H and O–H groups in total. The predicted molar refractivity (Wildman–Crippen MR) is 160 cm³/mol. The summed E-state index contributed by atoms with van der Waals surface area (Å²) in [7, 11) is 0. The Balaban J connectivity index is 1.71. The summed E-state index contributed by atoms with van der Waals surface area (Å²) >= 11 is 5.84. The predicted octanol–water partition coefficient (Wildman–Crippen LogP) is 7.89. The van der Waals surface area contributed by atoms with E-state index in [1.165, 1.54) is 29.8 Å². The van der Waals surface area contributed by atoms with Gasteiger partial charge in [-0.05, 0) is 65.6 Å². The number of carbonyl (C=O) groups is 2. The van der Waals surface area contributed by atoms with Crippen LogP contribution in [0.4, 0.5) is 17.1 Å². The Hall–Kier alpha value is -3.91. The molecule has 3 rings (SSSR count). The fourth-order valence-electron chi connectivity index (χ4n) is 4.01. The van der Waals surface area contributed by atoms with Crippen molar-refractivity contribution in [3.05, 3.63) is 92.5 Å². The maximum Gasteiger partial charge on any atom is 0.289 e. The van der Waals surface area contributed by atoms with Crippen molar-refractivity contribution in [3.8, 4) is 5.75 Å². The molecule has 0 atom stereocenters. The second-order valence-corrected chi connectivity index (χ2v) is 11.4. The summed E-state index contributed by atoms with van der Waals surface area (Å²) in [4.78, 5) is 36.0. The Morgan fingerprint density at radius 1 is 0.900 bits per heavy atom. The van der Waals surface area contributed by atoms with Gasteiger partial charge in [-0.2, -0.15) is 0 Å². The van der Waals surface area contributed by atoms with Gasteiger partial charge in [-0.1, -0.05) is 71.3 Å². The summed E-state index contributed by atoms with van der Waals surface area (Å²) < 4.78 is 6.00. The number of hydrogen-bond acceptors (Lipinski definition) is 5. The van der Waals surface area contributed by atoms with E-state index in [1.807, 2.05) is 6.07 Å². The van der Waals surface area contributed by atoms with Crippen molar-refractivity contribution in [2.45, 2.75) is 65.2 Å². The molecule has 3 aromatic rings. The van der Waals surface area contributed by atoms with Gasteiger partial charge in [-0.3, -0.25) is 19.7 Å². The van der Waals surface area contributed by atoms with Crippen molar-refractivity contribution in [2.24, 2.45) is 0 Å². The molecule has 9 heteroatoms. The van der Waals surface area contributed by atoms with Crippen LogP contribution >= 0.6 is 11.6 Å². The highest BCUT2D eigenvalue weighted by Gasteiger charge is 2.27. The second kappa shape index (κ2) is 12.5. The van der Waals surface area contributed by atoms with Gasteiger partial charge in [-0.15, -0.1) is 0 Å². The van der Waals surface area contributed by atoms with Crippen molar-refractivity contribution in [2.75, 3.05) is 17.2 Å². The van der Waals surface area contributed by atoms with Gasteiger partial charge in [0.1, 0.15) is 10.8 Å². The van der Waals surface area contributed by atoms with E-state index in [4.69, 9.17) is 16.3 Å². The summed E-state index contributed by atoms with van der Waals surface area (Å²) in [5, 5.41) is 16.5. The smallest absolute Gasteiger partial charge is 0.289 e. The average Bonchev–Trinajstić information content (AvgIpc) is 2.92. The summed E-state index contributed by atoms with van der Waals surface area (Å²) in [5.41, 5.74) is 2.76. The summed E-state index contributed by atoms with van der Waals surface area (Å²) in [6.07, 6.45) is 1.90. The topological polar surface area (TPSA) is 111 Å². The largest absolute Gasteiger partial charge is 0.483 e. The fourth-order valence-corrected chi connectivity index (χ4v) is 4.20. The van der Waals surface area contributed by atoms with E-state index in [0.717, 1.165) is 18.4 Å². The number of halogens is 1. The van der Waals surface area contributed by atoms with Crippen molar-refractivity contribution in [1.82, 2.24) is 0 Å². The van der Waals surface area contributed by atoms with Gasteiger partial charge in [-0.25, -0.2) is 0 Å². The molecule has 0 aliphatic carbocycles. The van der Waals surface area contributed by atoms with E-state index in [2.05, 4.69) is 64.3 Å². The van der Waals surface area contributed by atoms with Crippen molar-refractivity contribution in [1.29, 1.82) is 0 Å². The highest BCUT2D eigenvalue weighted by molar-refractivity contribution is 6.32. The molecule has 0 aromatic heterocycles. The number of carbonyl (C=O) groups excluding carboxylic acids is 2. The third kappa shape index (κ3) is 7.39. The minimum absolute atomic E-state index is 0.0219. The Morgan fingerprint density at radius 2 is 1.57 bits per heavy atom. The molecule has 212 valence electrons. The summed E-state index contributed by atoms with van der Waals surface area (Å²) in [6, 6.07) is 16.6. The lowest BCUT2D eigenvalue weighted by atomic mass is 9.76. The van der Waals surface area contributed by atoms with Crippen molar-refractivity contribution >= 4 is 40.5 Å². The van der Waals surface area contributed by atoms with Gasteiger partial charge in [0.05, 0.1) is 4.92 Å². The van der Waals surface area contributed by atoms with Gasteiger partial charge >= 0.3 is 0 Å². The van der Waals surface area contributed by atoms with Gasteiger partial charge in [0, 0.05) is 28.6 Å². The molecule has 0 aliphatic heterocycles. The maximum absolute atomic E-state index is 12.8. The number of nitrogens with zero attached hydrogens (tertiary/aromatic N) is 1. The average molecular weight is 566 g/mol. The number of nitrogens with one attached hydrogen (secondary N) is 2. The molecule has 0 bridgehead atoms. The van der Waals surface area contributed by atoms with Crippen LogP contribution in [0, 0.1) is 10.1 Å². The number of nitro groups is 1. The first-order chi connectivity index (χ1) is 18.8. The second-order valence-electron chi connectivity index (χ2n) is 11.0. The zero-order chi connectivity index (χ0) is 29.7. The molecule has 0 unspecified atom stereocenters. The highest BCUT2D eigenvalue weighted by atomic mass is 35.5. The van der Waals surface area contributed by atoms with E-state index in [-0.39, 0.29) is 45.3 Å². The zero-order valence-corrected chi connectivity index (χ0v) is 24.5. The Labute approximate surface area is 240 Å². The molecule has 8 nitrogen and oxygen atoms in total. The Kier molecular flexibility index (Phi) is 9.58. The maximum atomic E-state index is 12.8. The highest BCUT2D eigenvalue weighted by Crippen LogP contribution is 2.38. The zero-order valence-electron chi connectivity index (χ0n) is 23.8. The third-order valence-electron chi connectivity index (χ3n) is 7.43. The molecule has 0 heterocycles. The van der Waals surface area contributed by atoms with Crippen LogP contribution < -0.4 is 15.4 Å². The summed E-state index contributed by atoms with van der Waals surface area (Å²) in [6.45, 7) is 12.9. The van der Waals surface area contributed by atoms with Crippen LogP contribution in [0.5, 0.6) is 5.75 Å². The lowest BCUT2D eigenvalue weighted by Gasteiger charge is -2.30. The van der Waals surface area contributed by atoms with Crippen LogP contribution in [0.15, 0.2) is 60.7 Å². The summed E-state index contributed by atoms with van der Waals surface area (Å²) in [5.74, 6) is -0.197. The minimum atomic E-state index is -0.622. The molecular formula is C31H36ClN3O5. The standard InChI is InChI=1S/C31H36ClN3O5/c1-7-30(3,4)21-12-15-27(24(17-21)31(5,6)8-2)40-19-28(36)33-22-11-9-10-20(16-22)29(37)34-23-13-14-25(32)26(18-23)35(38)39/h9-18H,7-8,19H2,1-6H3,(H,33,36)(H,34,37). The molecule has 0 spiro atoms. The quantitative estimate of drug-likeness (QED) is 0.181. The normalized spacial score (nSPS) is 11.6. The van der Waals surface area contributed by atoms with Crippen molar-refractivity contribution < 1.29 is 19.2 Å². The third-order valence-corrected chi connectivity index (χ3v) is 7.75. The number of nitro benzene ring substituents is 1. The molecule has 2 amide bonds. The molecule has 3 aromatic carbocycles. The van der Waals surface area contributed by atoms with E-state index in [9.17, 15) is 19.7 Å². The lowest BCUT2D eigenvalue weighted by Crippen LogP contribution is -2.24. The van der Waals surface area contributed by atoms with E-state index >= 15 is 0 Å². The molecule has 0 saturated carbocycles. The van der Waals surface area contributed by atoms with Gasteiger partial charge in [0.25, 0.3) is 17.5 Å². The first kappa shape index (κ1) is 30.6. The minimum Gasteiger partial charge on any atom is -0.483 e. The monoisotopic (exact) mass is 565 g/mol. The van der Waals surface area contributed by atoms with Crippen molar-refractivity contribution in [3.63, 3.8) is 0 Å². The lowest BCUT2D eigenvalue weighted by molar-refractivity contribution is -0.384. The number of rotatable bonds is 11. The van der Waals surface area contributed by atoms with Gasteiger partial charge in [0.15, 0.2) is 6.61 Å². The first-order valence-corrected chi connectivity index (χ1v) is 13.6. The number of anilines is 2. The number of ether oxygens (including phenoxy) is 1. The number of amides is 2. The van der Waals surface area contributed by atoms with Crippen LogP contribution in [0.2, 0.25) is 5.02 Å². The molecule has 0 saturated heterocycles. The van der Waals surface area contributed by atoms with Gasteiger partial charge < -0.3 is 15.4 Å². The number of hydrogen-bond donors (Lipinski definition) is 2. The van der Waals surface area contributed by atoms with Crippen LogP contribution in [-0.2, 0) is 15.6 Å². The molecular weight excluding hydrogens is 530 g/mol. The Morgan fingerprint density at radius 3 is 2.23 bits per heavy atom. The molecule has 0 fully saturated rings. The molecule has 0 radical (unpaired) electrons. The molecule has 40 heavy (non-hydrogen) atoms. The fraction of sp³-hybridized carbons (Fsp3) is 0.355. The van der Waals surface area contributed by atoms with E-state index in [0.29, 0.717) is 11.4 Å². The van der Waals surface area contributed by atoms with Crippen LogP contribution in [0.3, 0.4) is 0 Å². The van der Waals surface area contributed by atoms with E-state index < -0.39 is 10.8 Å². The van der Waals surface area contributed by atoms with Crippen LogP contribution in [0.25, 0.3) is 0 Å². The number of benzene rings is 3. The molecule has 0 aliphatic rings. The van der Waals surface area contributed by atoms with E-state index in [1.54, 1.807) is 18.2 Å². The Bertz CT molecular complexity index is 1420. The van der Waals surface area contributed by atoms with Crippen LogP contribution in [0.1, 0.15) is 75.9 Å². The first-order valence-electron chi connectivity index (χ1n) is 13.2. The van der Waals surface area contributed by atoms with Crippen LogP contribution in [-0.4, -0.2) is 23.3 Å². The SMILES string of the molecule is CCC(C)(C)c1ccc(OCC(=O)Nc2cccc(C(=O)Nc3ccc(Cl)c([N+](=O)[O-])c3)c2)c(C(C)(C)CC)c1. The van der Waals surface area contributed by atoms with Gasteiger partial charge in [0.2, 0.25) is 0 Å².